The summed E-state index contributed by atoms with van der Waals surface area (Å²) >= 11 is 0. The Labute approximate surface area is 190 Å². The molecule has 2 N–H and O–H groups in total. The normalized spacial score (nSPS) is 14.2. The number of aromatic hydroxyl groups is 1. The van der Waals surface area contributed by atoms with Crippen LogP contribution in [0.1, 0.15) is 16.7 Å². The van der Waals surface area contributed by atoms with Crippen LogP contribution in [0.3, 0.4) is 0 Å². The van der Waals surface area contributed by atoms with Crippen LogP contribution in [0.15, 0.2) is 71.4 Å². The number of benzene rings is 3. The lowest BCUT2D eigenvalue weighted by Gasteiger charge is -2.21. The summed E-state index contributed by atoms with van der Waals surface area (Å²) < 4.78 is 0. The zero-order valence-corrected chi connectivity index (χ0v) is 18.2. The van der Waals surface area contributed by atoms with Crippen LogP contribution in [-0.2, 0) is 11.3 Å². The van der Waals surface area contributed by atoms with E-state index in [1.165, 1.54) is 11.1 Å². The molecule has 8 nitrogen and oxygen atoms in total. The lowest BCUT2D eigenvalue weighted by Crippen LogP contribution is -2.17. The van der Waals surface area contributed by atoms with Crippen LogP contribution < -0.4 is 10.2 Å². The van der Waals surface area contributed by atoms with E-state index >= 15 is 0 Å². The highest BCUT2D eigenvalue weighted by molar-refractivity contribution is 6.08. The zero-order chi connectivity index (χ0) is 22.9. The first-order valence-corrected chi connectivity index (χ1v) is 10.5. The van der Waals surface area contributed by atoms with Crippen LogP contribution in [0.4, 0.5) is 5.69 Å². The third kappa shape index (κ3) is 4.06. The Hall–Kier alpha value is -4.46. The highest BCUT2D eigenvalue weighted by atomic mass is 16.3. The Morgan fingerprint density at radius 1 is 1.06 bits per heavy atom. The molecule has 8 heteroatoms. The van der Waals surface area contributed by atoms with Gasteiger partial charge in [-0.1, -0.05) is 30.3 Å². The summed E-state index contributed by atoms with van der Waals surface area (Å²) in [4.78, 5) is 19.2. The van der Waals surface area contributed by atoms with Gasteiger partial charge in [0.25, 0.3) is 5.91 Å². The molecule has 1 aromatic heterocycles. The number of aliphatic imine (C=N–C) groups is 1. The first kappa shape index (κ1) is 20.4. The van der Waals surface area contributed by atoms with Crippen molar-refractivity contribution >= 4 is 35.0 Å². The average molecular weight is 438 g/mol. The fraction of sp³-hybridized carbons (Fsp3) is 0.120. The predicted molar refractivity (Wildman–Crippen MR) is 128 cm³/mol. The number of anilines is 1. The van der Waals surface area contributed by atoms with Crippen molar-refractivity contribution in [2.24, 2.45) is 4.99 Å². The highest BCUT2D eigenvalue weighted by Gasteiger charge is 2.16. The third-order valence-electron chi connectivity index (χ3n) is 5.49. The van der Waals surface area contributed by atoms with Gasteiger partial charge in [-0.25, -0.2) is 4.99 Å². The van der Waals surface area contributed by atoms with E-state index in [0.717, 1.165) is 33.4 Å². The molecule has 0 spiro atoms. The van der Waals surface area contributed by atoms with Crippen LogP contribution in [0, 0.1) is 6.92 Å². The Balaban J connectivity index is 1.40. The van der Waals surface area contributed by atoms with Gasteiger partial charge in [0.2, 0.25) is 0 Å². The summed E-state index contributed by atoms with van der Waals surface area (Å²) in [6, 6.07) is 19.3. The topological polar surface area (TPSA) is 95.6 Å². The molecule has 33 heavy (non-hydrogen) atoms. The molecule has 1 aliphatic heterocycles. The van der Waals surface area contributed by atoms with Crippen molar-refractivity contribution in [3.8, 4) is 11.4 Å². The predicted octanol–water partition coefficient (Wildman–Crippen LogP) is 3.57. The largest absolute Gasteiger partial charge is 0.505 e. The molecule has 3 aromatic carbocycles. The number of amides is 1. The van der Waals surface area contributed by atoms with Gasteiger partial charge in [-0.05, 0) is 54.5 Å². The number of rotatable bonds is 5. The number of aromatic nitrogens is 3. The molecular weight excluding hydrogens is 416 g/mol. The first-order chi connectivity index (χ1) is 16.0. The molecule has 0 fully saturated rings. The van der Waals surface area contributed by atoms with Crippen LogP contribution in [-0.4, -0.2) is 39.4 Å². The molecule has 0 radical (unpaired) electrons. The van der Waals surface area contributed by atoms with Gasteiger partial charge in [0.15, 0.2) is 0 Å². The molecular formula is C25H22N6O2. The monoisotopic (exact) mass is 438 g/mol. The van der Waals surface area contributed by atoms with Crippen LogP contribution in [0.25, 0.3) is 22.8 Å². The van der Waals surface area contributed by atoms with Crippen molar-refractivity contribution in [3.63, 3.8) is 0 Å². The first-order valence-electron chi connectivity index (χ1n) is 10.5. The van der Waals surface area contributed by atoms with Gasteiger partial charge in [0, 0.05) is 24.8 Å². The van der Waals surface area contributed by atoms with Crippen molar-refractivity contribution in [1.29, 1.82) is 0 Å². The second-order valence-electron chi connectivity index (χ2n) is 7.98. The maximum absolute atomic E-state index is 11.7. The quantitative estimate of drug-likeness (QED) is 0.465. The van der Waals surface area contributed by atoms with Gasteiger partial charge in [-0.2, -0.15) is 0 Å². The van der Waals surface area contributed by atoms with Gasteiger partial charge in [0.05, 0.1) is 6.34 Å². The maximum atomic E-state index is 11.7. The van der Waals surface area contributed by atoms with Crippen molar-refractivity contribution in [1.82, 2.24) is 20.3 Å². The lowest BCUT2D eigenvalue weighted by atomic mass is 10.1. The molecule has 1 amide bonds. The minimum Gasteiger partial charge on any atom is -0.505 e. The van der Waals surface area contributed by atoms with Crippen molar-refractivity contribution in [3.05, 3.63) is 83.1 Å². The number of hydrogen-bond acceptors (Lipinski definition) is 6. The summed E-state index contributed by atoms with van der Waals surface area (Å²) in [5.74, 6) is -0.0549. The van der Waals surface area contributed by atoms with E-state index in [9.17, 15) is 9.90 Å². The van der Waals surface area contributed by atoms with Crippen molar-refractivity contribution < 1.29 is 9.90 Å². The number of carbonyl (C=O) groups is 1. The van der Waals surface area contributed by atoms with E-state index < -0.39 is 0 Å². The summed E-state index contributed by atoms with van der Waals surface area (Å²) in [7, 11) is 1.96. The molecule has 0 aliphatic carbocycles. The molecule has 164 valence electrons. The molecule has 0 atom stereocenters. The molecule has 4 aromatic rings. The van der Waals surface area contributed by atoms with Crippen molar-refractivity contribution in [2.45, 2.75) is 13.5 Å². The number of nitrogens with one attached hydrogen (secondary N) is 1. The van der Waals surface area contributed by atoms with Crippen LogP contribution >= 0.6 is 0 Å². The number of aryl methyl sites for hydroxylation is 1. The summed E-state index contributed by atoms with van der Waals surface area (Å²) in [6.07, 6.45) is 3.13. The molecule has 1 aliphatic rings. The second kappa shape index (κ2) is 8.23. The minimum atomic E-state index is -0.207. The van der Waals surface area contributed by atoms with Crippen molar-refractivity contribution in [2.75, 3.05) is 11.9 Å². The van der Waals surface area contributed by atoms with E-state index in [2.05, 4.69) is 20.5 Å². The molecule has 0 saturated carbocycles. The number of fused-ring (bicyclic) bond motifs is 1. The van der Waals surface area contributed by atoms with Gasteiger partial charge < -0.3 is 15.3 Å². The fourth-order valence-electron chi connectivity index (χ4n) is 3.80. The molecule has 0 bridgehead atoms. The van der Waals surface area contributed by atoms with E-state index in [4.69, 9.17) is 0 Å². The minimum absolute atomic E-state index is 0.152. The number of carbonyl (C=O) groups excluding carboxylic acids is 1. The summed E-state index contributed by atoms with van der Waals surface area (Å²) in [5, 5.41) is 22.6. The molecule has 2 heterocycles. The Bertz CT molecular complexity index is 1390. The Morgan fingerprint density at radius 3 is 2.39 bits per heavy atom. The van der Waals surface area contributed by atoms with Gasteiger partial charge >= 0.3 is 0 Å². The van der Waals surface area contributed by atoms with E-state index in [-0.39, 0.29) is 11.7 Å². The zero-order valence-electron chi connectivity index (χ0n) is 18.2. The Kier molecular flexibility index (Phi) is 5.10. The molecule has 0 saturated heterocycles. The maximum Gasteiger partial charge on any atom is 0.275 e. The third-order valence-corrected chi connectivity index (χ3v) is 5.49. The lowest BCUT2D eigenvalue weighted by molar-refractivity contribution is -0.115. The van der Waals surface area contributed by atoms with Crippen LogP contribution in [0.5, 0.6) is 5.75 Å². The number of phenols is 1. The number of hydrogen-bond donors (Lipinski definition) is 2. The highest BCUT2D eigenvalue weighted by Crippen LogP contribution is 2.30. The fourth-order valence-corrected chi connectivity index (χ4v) is 3.80. The average Bonchev–Trinajstić information content (AvgIpc) is 3.42. The van der Waals surface area contributed by atoms with E-state index in [1.54, 1.807) is 6.08 Å². The van der Waals surface area contributed by atoms with Gasteiger partial charge in [-0.15, -0.1) is 15.0 Å². The van der Waals surface area contributed by atoms with Crippen LogP contribution in [0.2, 0.25) is 0 Å². The number of nitrogens with zero attached hydrogens (tertiary/aromatic N) is 5. The van der Waals surface area contributed by atoms with Gasteiger partial charge in [0.1, 0.15) is 28.2 Å². The Morgan fingerprint density at radius 2 is 1.76 bits per heavy atom. The summed E-state index contributed by atoms with van der Waals surface area (Å²) in [6.45, 7) is 2.48. The SMILES string of the molecule is Cc1cc(CN(C)c2ccc(/C=C3\N=CNC3=O)cc2)c(O)c(-n2nc3ccccc3n2)c1. The standard InChI is InChI=1S/C25H22N6O2/c1-16-11-18(24(32)23(12-16)31-28-20-5-3-4-6-21(20)29-31)14-30(2)19-9-7-17(8-10-19)13-22-25(33)27-15-26-22/h3-13,15,32H,14H2,1-2H3,(H,26,27,33)/b22-13-. The van der Waals surface area contributed by atoms with E-state index in [0.29, 0.717) is 17.9 Å². The second-order valence-corrected chi connectivity index (χ2v) is 7.98. The number of phenolic OH excluding ortho intramolecular Hbond substituents is 1. The summed E-state index contributed by atoms with van der Waals surface area (Å²) in [5.41, 5.74) is 6.11. The molecule has 0 unspecified atom stereocenters. The van der Waals surface area contributed by atoms with E-state index in [1.807, 2.05) is 79.5 Å². The smallest absolute Gasteiger partial charge is 0.275 e. The molecule has 5 rings (SSSR count). The van der Waals surface area contributed by atoms with Gasteiger partial charge in [-0.3, -0.25) is 4.79 Å².